The zero-order chi connectivity index (χ0) is 10.8. The molecule has 1 saturated heterocycles. The van der Waals surface area contributed by atoms with Crippen LogP contribution in [0.5, 0.6) is 0 Å². The molecule has 0 aliphatic carbocycles. The fourth-order valence-electron chi connectivity index (χ4n) is 1.67. The zero-order valence-electron chi connectivity index (χ0n) is 8.25. The van der Waals surface area contributed by atoms with Crippen molar-refractivity contribution >= 4 is 15.4 Å². The van der Waals surface area contributed by atoms with Crippen molar-refractivity contribution in [2.75, 3.05) is 13.8 Å². The third kappa shape index (κ3) is 1.78. The van der Waals surface area contributed by atoms with E-state index in [9.17, 15) is 4.79 Å². The number of ether oxygens (including phenoxy) is 1. The Balaban J connectivity index is 2.06. The second kappa shape index (κ2) is 4.31. The molecule has 1 aromatic heterocycles. The molecule has 1 aromatic rings. The van der Waals surface area contributed by atoms with Gasteiger partial charge in [0.15, 0.2) is 12.9 Å². The minimum absolute atomic E-state index is 0.0570. The van der Waals surface area contributed by atoms with Crippen LogP contribution < -0.4 is 0 Å². The highest BCUT2D eigenvalue weighted by Crippen LogP contribution is 2.35. The summed E-state index contributed by atoms with van der Waals surface area (Å²) in [5.41, 5.74) is 0. The van der Waals surface area contributed by atoms with E-state index in [0.29, 0.717) is 0 Å². The van der Waals surface area contributed by atoms with Crippen molar-refractivity contribution in [1.29, 1.82) is 0 Å². The number of hydrogen-bond acceptors (Lipinski definition) is 4. The van der Waals surface area contributed by atoms with E-state index in [1.54, 1.807) is 24.3 Å². The van der Waals surface area contributed by atoms with Crippen molar-refractivity contribution in [2.45, 2.75) is 12.1 Å². The van der Waals surface area contributed by atoms with Crippen LogP contribution in [-0.4, -0.2) is 30.8 Å². The van der Waals surface area contributed by atoms with E-state index in [2.05, 4.69) is 9.47 Å². The summed E-state index contributed by atoms with van der Waals surface area (Å²) < 4.78 is 15.2. The van der Waals surface area contributed by atoms with Gasteiger partial charge in [0.25, 0.3) is 5.91 Å². The molecular weight excluding hydrogens is 217 g/mol. The second-order valence-corrected chi connectivity index (χ2v) is 3.61. The van der Waals surface area contributed by atoms with Gasteiger partial charge in [-0.2, -0.15) is 0 Å². The molecule has 0 radical (unpaired) electrons. The Bertz CT molecular complexity index is 340. The van der Waals surface area contributed by atoms with E-state index in [0.717, 1.165) is 5.76 Å². The number of rotatable bonds is 4. The number of amides is 1. The van der Waals surface area contributed by atoms with Crippen LogP contribution in [0.4, 0.5) is 0 Å². The standard InChI is InChI=1S/C9H12NO4P/c1-10-7(6-3-2-4-12-6)8(9(10)11)13-5-14-15/h2-4,7-8H,5,15H2,1H3/t7-,8+/m0/s1. The number of nitrogens with zero attached hydrogens (tertiary/aromatic N) is 1. The highest BCUT2D eigenvalue weighted by atomic mass is 31.0. The van der Waals surface area contributed by atoms with Crippen molar-refractivity contribution < 1.29 is 18.5 Å². The Morgan fingerprint density at radius 3 is 3.07 bits per heavy atom. The van der Waals surface area contributed by atoms with E-state index >= 15 is 0 Å². The van der Waals surface area contributed by atoms with Gasteiger partial charge in [-0.1, -0.05) is 0 Å². The predicted molar refractivity (Wildman–Crippen MR) is 54.8 cm³/mol. The minimum Gasteiger partial charge on any atom is -0.467 e. The molecule has 2 heterocycles. The molecule has 1 fully saturated rings. The third-order valence-electron chi connectivity index (χ3n) is 2.45. The van der Waals surface area contributed by atoms with Gasteiger partial charge in [-0.05, 0) is 12.1 Å². The maximum atomic E-state index is 11.5. The molecule has 6 heteroatoms. The van der Waals surface area contributed by atoms with Gasteiger partial charge in [0, 0.05) is 16.5 Å². The number of likely N-dealkylation sites (N-methyl/N-ethyl adjacent to an activating group) is 1. The quantitative estimate of drug-likeness (QED) is 0.438. The number of likely N-dealkylation sites (tertiary alicyclic amines) is 1. The molecule has 3 atom stereocenters. The van der Waals surface area contributed by atoms with Gasteiger partial charge in [0.2, 0.25) is 0 Å². The molecule has 1 amide bonds. The molecular formula is C9H12NO4P. The molecule has 82 valence electrons. The average Bonchev–Trinajstić information content (AvgIpc) is 2.75. The Hall–Kier alpha value is -0.900. The molecule has 5 nitrogen and oxygen atoms in total. The lowest BCUT2D eigenvalue weighted by Crippen LogP contribution is -2.57. The summed E-state index contributed by atoms with van der Waals surface area (Å²) >= 11 is 0. The van der Waals surface area contributed by atoms with E-state index in [4.69, 9.17) is 13.7 Å². The molecule has 15 heavy (non-hydrogen) atoms. The van der Waals surface area contributed by atoms with Crippen LogP contribution in [0.2, 0.25) is 0 Å². The summed E-state index contributed by atoms with van der Waals surface area (Å²) in [7, 11) is 3.79. The maximum absolute atomic E-state index is 11.5. The first-order chi connectivity index (χ1) is 7.25. The van der Waals surface area contributed by atoms with Gasteiger partial charge in [0.1, 0.15) is 11.8 Å². The van der Waals surface area contributed by atoms with E-state index in [1.807, 2.05) is 6.07 Å². The Morgan fingerprint density at radius 1 is 1.67 bits per heavy atom. The lowest BCUT2D eigenvalue weighted by molar-refractivity contribution is -0.181. The topological polar surface area (TPSA) is 51.9 Å². The average molecular weight is 229 g/mol. The van der Waals surface area contributed by atoms with E-state index in [1.165, 1.54) is 0 Å². The molecule has 1 aliphatic heterocycles. The second-order valence-electron chi connectivity index (χ2n) is 3.28. The summed E-state index contributed by atoms with van der Waals surface area (Å²) in [5.74, 6) is 0.671. The van der Waals surface area contributed by atoms with Crippen LogP contribution in [0.15, 0.2) is 22.8 Å². The Kier molecular flexibility index (Phi) is 3.05. The molecule has 0 aromatic carbocycles. The van der Waals surface area contributed by atoms with E-state index < -0.39 is 6.10 Å². The summed E-state index contributed by atoms with van der Waals surface area (Å²) in [5, 5.41) is 0. The molecule has 0 spiro atoms. The van der Waals surface area contributed by atoms with Gasteiger partial charge in [0.05, 0.1) is 6.26 Å². The summed E-state index contributed by atoms with van der Waals surface area (Å²) in [6, 6.07) is 3.47. The van der Waals surface area contributed by atoms with Crippen molar-refractivity contribution in [3.05, 3.63) is 24.2 Å². The van der Waals surface area contributed by atoms with Crippen LogP contribution in [-0.2, 0) is 14.1 Å². The third-order valence-corrected chi connectivity index (χ3v) is 2.58. The molecule has 2 rings (SSSR count). The van der Waals surface area contributed by atoms with Gasteiger partial charge < -0.3 is 18.6 Å². The largest absolute Gasteiger partial charge is 0.467 e. The van der Waals surface area contributed by atoms with Crippen molar-refractivity contribution in [3.8, 4) is 0 Å². The smallest absolute Gasteiger partial charge is 0.254 e. The molecule has 0 bridgehead atoms. The summed E-state index contributed by atoms with van der Waals surface area (Å²) in [4.78, 5) is 13.1. The highest BCUT2D eigenvalue weighted by molar-refractivity contribution is 7.09. The molecule has 0 saturated carbocycles. The number of furan rings is 1. The number of hydrogen-bond donors (Lipinski definition) is 0. The molecule has 1 unspecified atom stereocenters. The fraction of sp³-hybridized carbons (Fsp3) is 0.444. The SMILES string of the molecule is CN1C(=O)[C@H](OCOP)[C@@H]1c1ccco1. The minimum atomic E-state index is -0.498. The number of carbonyl (C=O) groups is 1. The number of carbonyl (C=O) groups excluding carboxylic acids is 1. The Morgan fingerprint density at radius 2 is 2.47 bits per heavy atom. The molecule has 1 aliphatic rings. The zero-order valence-corrected chi connectivity index (χ0v) is 9.41. The van der Waals surface area contributed by atoms with Crippen molar-refractivity contribution in [2.24, 2.45) is 0 Å². The fourth-order valence-corrected chi connectivity index (χ4v) is 1.75. The van der Waals surface area contributed by atoms with Crippen molar-refractivity contribution in [1.82, 2.24) is 4.90 Å². The van der Waals surface area contributed by atoms with Crippen LogP contribution in [0.1, 0.15) is 11.8 Å². The van der Waals surface area contributed by atoms with Crippen LogP contribution in [0, 0.1) is 0 Å². The van der Waals surface area contributed by atoms with Crippen LogP contribution in [0.25, 0.3) is 0 Å². The lowest BCUT2D eigenvalue weighted by atomic mass is 9.97. The molecule has 0 N–H and O–H groups in total. The summed E-state index contributed by atoms with van der Waals surface area (Å²) in [6.45, 7) is 0.0755. The van der Waals surface area contributed by atoms with Crippen molar-refractivity contribution in [3.63, 3.8) is 0 Å². The monoisotopic (exact) mass is 229 g/mol. The predicted octanol–water partition coefficient (Wildman–Crippen LogP) is 0.942. The van der Waals surface area contributed by atoms with Gasteiger partial charge in [-0.3, -0.25) is 4.79 Å². The van der Waals surface area contributed by atoms with Crippen LogP contribution >= 0.6 is 9.47 Å². The normalized spacial score (nSPS) is 25.5. The lowest BCUT2D eigenvalue weighted by Gasteiger charge is -2.42. The summed E-state index contributed by atoms with van der Waals surface area (Å²) in [6.07, 6.45) is 1.08. The number of β-lactam (4-membered cyclic amide) rings is 1. The van der Waals surface area contributed by atoms with Gasteiger partial charge >= 0.3 is 0 Å². The van der Waals surface area contributed by atoms with Gasteiger partial charge in [-0.25, -0.2) is 0 Å². The maximum Gasteiger partial charge on any atom is 0.254 e. The first-order valence-electron chi connectivity index (χ1n) is 4.49. The Labute approximate surface area is 89.6 Å². The first-order valence-corrected chi connectivity index (χ1v) is 4.96. The van der Waals surface area contributed by atoms with Gasteiger partial charge in [-0.15, -0.1) is 0 Å². The van der Waals surface area contributed by atoms with Crippen LogP contribution in [0.3, 0.4) is 0 Å². The highest BCUT2D eigenvalue weighted by Gasteiger charge is 2.48. The van der Waals surface area contributed by atoms with E-state index in [-0.39, 0.29) is 18.7 Å². The first kappa shape index (κ1) is 10.6.